The molecule has 1 rings (SSSR count). The summed E-state index contributed by atoms with van der Waals surface area (Å²) in [5.41, 5.74) is 1.18. The van der Waals surface area contributed by atoms with E-state index in [1.165, 1.54) is 12.1 Å². The Bertz CT molecular complexity index is 492. The van der Waals surface area contributed by atoms with Gasteiger partial charge in [-0.1, -0.05) is 11.6 Å². The lowest BCUT2D eigenvalue weighted by atomic mass is 10.2. The number of carbonyl (C=O) groups is 1. The van der Waals surface area contributed by atoms with Crippen LogP contribution in [-0.4, -0.2) is 35.8 Å². The van der Waals surface area contributed by atoms with E-state index in [9.17, 15) is 14.9 Å². The van der Waals surface area contributed by atoms with Crippen LogP contribution in [0.2, 0.25) is 5.02 Å². The summed E-state index contributed by atoms with van der Waals surface area (Å²) in [6.07, 6.45) is 0. The van der Waals surface area contributed by atoms with Crippen LogP contribution in [0.1, 0.15) is 5.56 Å². The van der Waals surface area contributed by atoms with Crippen LogP contribution < -0.4 is 5.32 Å². The van der Waals surface area contributed by atoms with Gasteiger partial charge in [-0.2, -0.15) is 0 Å². The standard InChI is InChI=1S/C11H13ClN2O5/c1-7-4-10(14(17)18)8(12)5-9(7)13-2-3-19-6-11(15)16/h4-5,13H,2-3,6H2,1H3,(H,15,16). The monoisotopic (exact) mass is 288 g/mol. The van der Waals surface area contributed by atoms with Crippen LogP contribution in [0.5, 0.6) is 0 Å². The minimum Gasteiger partial charge on any atom is -0.480 e. The predicted octanol–water partition coefficient (Wildman–Crippen LogP) is 2.07. The van der Waals surface area contributed by atoms with E-state index in [1.54, 1.807) is 6.92 Å². The minimum absolute atomic E-state index is 0.0459. The average Bonchev–Trinajstić information content (AvgIpc) is 2.31. The number of rotatable bonds is 7. The highest BCUT2D eigenvalue weighted by atomic mass is 35.5. The highest BCUT2D eigenvalue weighted by molar-refractivity contribution is 6.33. The molecule has 7 nitrogen and oxygen atoms in total. The maximum atomic E-state index is 10.7. The molecule has 2 N–H and O–H groups in total. The van der Waals surface area contributed by atoms with Crippen molar-refractivity contribution in [2.45, 2.75) is 6.92 Å². The van der Waals surface area contributed by atoms with Crippen LogP contribution in [0, 0.1) is 17.0 Å². The molecule has 0 saturated carbocycles. The molecule has 104 valence electrons. The lowest BCUT2D eigenvalue weighted by Gasteiger charge is -2.10. The van der Waals surface area contributed by atoms with Gasteiger partial charge in [-0.15, -0.1) is 0 Å². The third-order valence-corrected chi connectivity index (χ3v) is 2.58. The molecule has 0 aliphatic rings. The van der Waals surface area contributed by atoms with Crippen LogP contribution in [-0.2, 0) is 9.53 Å². The lowest BCUT2D eigenvalue weighted by molar-refractivity contribution is -0.384. The third kappa shape index (κ3) is 4.72. The van der Waals surface area contributed by atoms with Gasteiger partial charge < -0.3 is 15.2 Å². The Morgan fingerprint density at radius 2 is 2.26 bits per heavy atom. The van der Waals surface area contributed by atoms with Crippen molar-refractivity contribution < 1.29 is 19.6 Å². The molecule has 19 heavy (non-hydrogen) atoms. The molecule has 1 aromatic carbocycles. The van der Waals surface area contributed by atoms with Gasteiger partial charge in [0.15, 0.2) is 0 Å². The summed E-state index contributed by atoms with van der Waals surface area (Å²) >= 11 is 5.79. The van der Waals surface area contributed by atoms with Gasteiger partial charge in [-0.3, -0.25) is 10.1 Å². The summed E-state index contributed by atoms with van der Waals surface area (Å²) in [6.45, 7) is 1.94. The van der Waals surface area contributed by atoms with E-state index in [-0.39, 0.29) is 23.9 Å². The number of carboxylic acids is 1. The van der Waals surface area contributed by atoms with Gasteiger partial charge in [0.2, 0.25) is 0 Å². The summed E-state index contributed by atoms with van der Waals surface area (Å²) in [6, 6.07) is 2.84. The summed E-state index contributed by atoms with van der Waals surface area (Å²) in [5.74, 6) is -1.03. The van der Waals surface area contributed by atoms with Crippen LogP contribution in [0.4, 0.5) is 11.4 Å². The number of hydrogen-bond acceptors (Lipinski definition) is 5. The number of ether oxygens (including phenoxy) is 1. The first-order valence-corrected chi connectivity index (χ1v) is 5.77. The molecule has 0 heterocycles. The first kappa shape index (κ1) is 15.2. The third-order valence-electron chi connectivity index (χ3n) is 2.28. The normalized spacial score (nSPS) is 10.2. The summed E-state index contributed by atoms with van der Waals surface area (Å²) in [7, 11) is 0. The highest BCUT2D eigenvalue weighted by Crippen LogP contribution is 2.30. The number of nitro groups is 1. The summed E-state index contributed by atoms with van der Waals surface area (Å²) in [4.78, 5) is 20.3. The largest absolute Gasteiger partial charge is 0.480 e. The number of benzene rings is 1. The lowest BCUT2D eigenvalue weighted by Crippen LogP contribution is -2.14. The number of anilines is 1. The van der Waals surface area contributed by atoms with Crippen molar-refractivity contribution in [3.63, 3.8) is 0 Å². The Balaban J connectivity index is 2.57. The number of halogens is 1. The smallest absolute Gasteiger partial charge is 0.329 e. The number of aliphatic carboxylic acids is 1. The molecular formula is C11H13ClN2O5. The van der Waals surface area contributed by atoms with Gasteiger partial charge in [0.25, 0.3) is 5.69 Å². The number of aryl methyl sites for hydroxylation is 1. The molecule has 0 radical (unpaired) electrons. The van der Waals surface area contributed by atoms with Crippen molar-refractivity contribution in [3.05, 3.63) is 32.8 Å². The Kier molecular flexibility index (Phi) is 5.53. The van der Waals surface area contributed by atoms with Crippen molar-refractivity contribution in [1.82, 2.24) is 0 Å². The molecule has 8 heteroatoms. The Morgan fingerprint density at radius 1 is 1.58 bits per heavy atom. The molecule has 0 saturated heterocycles. The van der Waals surface area contributed by atoms with Crippen molar-refractivity contribution in [2.24, 2.45) is 0 Å². The molecule has 0 unspecified atom stereocenters. The Morgan fingerprint density at radius 3 is 2.84 bits per heavy atom. The van der Waals surface area contributed by atoms with Crippen molar-refractivity contribution in [1.29, 1.82) is 0 Å². The van der Waals surface area contributed by atoms with E-state index in [4.69, 9.17) is 21.4 Å². The predicted molar refractivity (Wildman–Crippen MR) is 69.8 cm³/mol. The maximum absolute atomic E-state index is 10.7. The average molecular weight is 289 g/mol. The van der Waals surface area contributed by atoms with Crippen molar-refractivity contribution in [2.75, 3.05) is 25.1 Å². The molecular weight excluding hydrogens is 276 g/mol. The topological polar surface area (TPSA) is 102 Å². The SMILES string of the molecule is Cc1cc([N+](=O)[O-])c(Cl)cc1NCCOCC(=O)O. The zero-order chi connectivity index (χ0) is 14.4. The highest BCUT2D eigenvalue weighted by Gasteiger charge is 2.14. The van der Waals surface area contributed by atoms with Gasteiger partial charge >= 0.3 is 5.97 Å². The number of hydrogen-bond donors (Lipinski definition) is 2. The summed E-state index contributed by atoms with van der Waals surface area (Å²) in [5, 5.41) is 22.1. The fourth-order valence-corrected chi connectivity index (χ4v) is 1.65. The molecule has 0 aliphatic heterocycles. The first-order valence-electron chi connectivity index (χ1n) is 5.39. The number of nitrogens with zero attached hydrogens (tertiary/aromatic N) is 1. The maximum Gasteiger partial charge on any atom is 0.329 e. The van der Waals surface area contributed by atoms with E-state index in [0.717, 1.165) is 0 Å². The quantitative estimate of drug-likeness (QED) is 0.452. The second-order valence-electron chi connectivity index (χ2n) is 3.75. The Labute approximate surface area is 114 Å². The number of nitrogens with one attached hydrogen (secondary N) is 1. The zero-order valence-electron chi connectivity index (χ0n) is 10.2. The van der Waals surface area contributed by atoms with E-state index in [1.807, 2.05) is 0 Å². The van der Waals surface area contributed by atoms with E-state index < -0.39 is 10.9 Å². The van der Waals surface area contributed by atoms with Crippen LogP contribution >= 0.6 is 11.6 Å². The molecule has 0 bridgehead atoms. The van der Waals surface area contributed by atoms with Gasteiger partial charge in [0.1, 0.15) is 11.6 Å². The van der Waals surface area contributed by atoms with Gasteiger partial charge in [-0.25, -0.2) is 4.79 Å². The molecule has 0 fully saturated rings. The second kappa shape index (κ2) is 6.91. The number of nitro benzene ring substituents is 1. The fraction of sp³-hybridized carbons (Fsp3) is 0.364. The molecule has 0 atom stereocenters. The number of carboxylic acid groups (broad SMARTS) is 1. The van der Waals surface area contributed by atoms with Gasteiger partial charge in [0.05, 0.1) is 11.5 Å². The second-order valence-corrected chi connectivity index (χ2v) is 4.16. The minimum atomic E-state index is -1.03. The van der Waals surface area contributed by atoms with Gasteiger partial charge in [-0.05, 0) is 18.6 Å². The van der Waals surface area contributed by atoms with Crippen LogP contribution in [0.3, 0.4) is 0 Å². The van der Waals surface area contributed by atoms with E-state index in [0.29, 0.717) is 17.8 Å². The zero-order valence-corrected chi connectivity index (χ0v) is 10.9. The molecule has 0 amide bonds. The molecule has 0 aromatic heterocycles. The Hall–Kier alpha value is -1.86. The first-order chi connectivity index (χ1) is 8.91. The van der Waals surface area contributed by atoms with Crippen LogP contribution in [0.15, 0.2) is 12.1 Å². The van der Waals surface area contributed by atoms with Gasteiger partial charge in [0, 0.05) is 18.3 Å². The van der Waals surface area contributed by atoms with Crippen molar-refractivity contribution >= 4 is 28.9 Å². The van der Waals surface area contributed by atoms with E-state index >= 15 is 0 Å². The van der Waals surface area contributed by atoms with Crippen molar-refractivity contribution in [3.8, 4) is 0 Å². The van der Waals surface area contributed by atoms with Crippen LogP contribution in [0.25, 0.3) is 0 Å². The van der Waals surface area contributed by atoms with E-state index in [2.05, 4.69) is 5.32 Å². The molecule has 1 aromatic rings. The molecule has 0 aliphatic carbocycles. The fourth-order valence-electron chi connectivity index (χ4n) is 1.41. The molecule has 0 spiro atoms. The summed E-state index contributed by atoms with van der Waals surface area (Å²) < 4.78 is 4.85.